The minimum Gasteiger partial charge on any atom is -0.339 e. The Bertz CT molecular complexity index is 845. The van der Waals surface area contributed by atoms with Gasteiger partial charge < -0.3 is 15.6 Å². The van der Waals surface area contributed by atoms with E-state index < -0.39 is 6.04 Å². The first-order valence-corrected chi connectivity index (χ1v) is 8.65. The second kappa shape index (κ2) is 7.49. The number of hydrogen-bond donors (Lipinski definition) is 2. The van der Waals surface area contributed by atoms with E-state index in [4.69, 9.17) is 10.3 Å². The van der Waals surface area contributed by atoms with Gasteiger partial charge in [0.2, 0.25) is 11.7 Å². The first-order valence-electron chi connectivity index (χ1n) is 7.77. The molecule has 1 unspecified atom stereocenters. The molecule has 9 heteroatoms. The van der Waals surface area contributed by atoms with Gasteiger partial charge in [-0.2, -0.15) is 4.98 Å². The SMILES string of the molecule is CC(C)C(NC(=O)c1csc(CN)n1)c1nc(-c2ccncc2)no1. The minimum absolute atomic E-state index is 0.0577. The van der Waals surface area contributed by atoms with E-state index in [2.05, 4.69) is 25.4 Å². The number of aromatic nitrogens is 4. The van der Waals surface area contributed by atoms with Crippen LogP contribution in [0, 0.1) is 5.92 Å². The molecule has 0 aliphatic heterocycles. The maximum absolute atomic E-state index is 12.4. The van der Waals surface area contributed by atoms with E-state index in [0.29, 0.717) is 29.0 Å². The van der Waals surface area contributed by atoms with Crippen molar-refractivity contribution in [1.82, 2.24) is 25.4 Å². The maximum Gasteiger partial charge on any atom is 0.271 e. The van der Waals surface area contributed by atoms with Gasteiger partial charge in [-0.1, -0.05) is 19.0 Å². The quantitative estimate of drug-likeness (QED) is 0.693. The first kappa shape index (κ1) is 17.2. The molecule has 3 heterocycles. The van der Waals surface area contributed by atoms with Crippen LogP contribution < -0.4 is 11.1 Å². The monoisotopic (exact) mass is 358 g/mol. The van der Waals surface area contributed by atoms with Crippen LogP contribution in [0.25, 0.3) is 11.4 Å². The molecule has 130 valence electrons. The molecule has 3 aromatic rings. The Morgan fingerprint density at radius 1 is 1.32 bits per heavy atom. The lowest BCUT2D eigenvalue weighted by Crippen LogP contribution is -2.32. The fraction of sp³-hybridized carbons (Fsp3) is 0.312. The number of hydrogen-bond acceptors (Lipinski definition) is 8. The summed E-state index contributed by atoms with van der Waals surface area (Å²) in [6.07, 6.45) is 3.31. The highest BCUT2D eigenvalue weighted by Crippen LogP contribution is 2.24. The van der Waals surface area contributed by atoms with Crippen LogP contribution in [0.2, 0.25) is 0 Å². The molecule has 0 saturated carbocycles. The predicted octanol–water partition coefficient (Wildman–Crippen LogP) is 2.17. The Labute approximate surface area is 148 Å². The molecule has 0 spiro atoms. The Balaban J connectivity index is 1.79. The van der Waals surface area contributed by atoms with Gasteiger partial charge in [0.15, 0.2) is 0 Å². The van der Waals surface area contributed by atoms with Crippen molar-refractivity contribution in [1.29, 1.82) is 0 Å². The van der Waals surface area contributed by atoms with Gasteiger partial charge in [0.1, 0.15) is 16.7 Å². The molecule has 0 aliphatic carbocycles. The smallest absolute Gasteiger partial charge is 0.271 e. The van der Waals surface area contributed by atoms with Crippen molar-refractivity contribution in [2.45, 2.75) is 26.4 Å². The summed E-state index contributed by atoms with van der Waals surface area (Å²) in [6, 6.07) is 3.17. The van der Waals surface area contributed by atoms with Crippen molar-refractivity contribution in [2.24, 2.45) is 11.7 Å². The van der Waals surface area contributed by atoms with Gasteiger partial charge in [-0.3, -0.25) is 9.78 Å². The number of rotatable bonds is 6. The van der Waals surface area contributed by atoms with E-state index in [9.17, 15) is 4.79 Å². The standard InChI is InChI=1S/C16H18N6O2S/c1-9(2)13(20-15(23)11-8-25-12(7-17)19-11)16-21-14(22-24-16)10-3-5-18-6-4-10/h3-6,8-9,13H,7,17H2,1-2H3,(H,20,23). The summed E-state index contributed by atoms with van der Waals surface area (Å²) >= 11 is 1.36. The van der Waals surface area contributed by atoms with Gasteiger partial charge >= 0.3 is 0 Å². The van der Waals surface area contributed by atoms with Crippen molar-refractivity contribution in [3.8, 4) is 11.4 Å². The van der Waals surface area contributed by atoms with E-state index in [-0.39, 0.29) is 11.8 Å². The van der Waals surface area contributed by atoms with Crippen LogP contribution in [-0.4, -0.2) is 26.0 Å². The first-order chi connectivity index (χ1) is 12.1. The molecule has 3 aromatic heterocycles. The second-order valence-electron chi connectivity index (χ2n) is 5.72. The Morgan fingerprint density at radius 3 is 2.72 bits per heavy atom. The molecule has 3 N–H and O–H groups in total. The minimum atomic E-state index is -0.418. The summed E-state index contributed by atoms with van der Waals surface area (Å²) in [5.74, 6) is 0.571. The lowest BCUT2D eigenvalue weighted by atomic mass is 10.0. The third kappa shape index (κ3) is 3.89. The topological polar surface area (TPSA) is 120 Å². The van der Waals surface area contributed by atoms with Crippen molar-refractivity contribution in [3.05, 3.63) is 46.5 Å². The van der Waals surface area contributed by atoms with Gasteiger partial charge in [-0.25, -0.2) is 4.98 Å². The lowest BCUT2D eigenvalue weighted by molar-refractivity contribution is 0.0909. The summed E-state index contributed by atoms with van der Waals surface area (Å²) in [4.78, 5) is 25.0. The molecule has 0 saturated heterocycles. The van der Waals surface area contributed by atoms with Gasteiger partial charge in [0.05, 0.1) is 0 Å². The van der Waals surface area contributed by atoms with E-state index in [1.54, 1.807) is 29.9 Å². The van der Waals surface area contributed by atoms with E-state index in [1.165, 1.54) is 11.3 Å². The lowest BCUT2D eigenvalue weighted by Gasteiger charge is -2.17. The molecule has 3 rings (SSSR count). The van der Waals surface area contributed by atoms with Gasteiger partial charge in [0, 0.05) is 29.9 Å². The molecule has 8 nitrogen and oxygen atoms in total. The van der Waals surface area contributed by atoms with Crippen LogP contribution >= 0.6 is 11.3 Å². The molecule has 1 atom stereocenters. The van der Waals surface area contributed by atoms with Crippen LogP contribution in [0.4, 0.5) is 0 Å². The molecule has 0 aliphatic rings. The molecule has 0 bridgehead atoms. The number of carbonyl (C=O) groups excluding carboxylic acids is 1. The van der Waals surface area contributed by atoms with E-state index in [1.807, 2.05) is 13.8 Å². The summed E-state index contributed by atoms with van der Waals surface area (Å²) in [5, 5.41) is 9.30. The number of amides is 1. The van der Waals surface area contributed by atoms with Crippen LogP contribution in [0.1, 0.15) is 41.3 Å². The number of pyridine rings is 1. The highest BCUT2D eigenvalue weighted by Gasteiger charge is 2.26. The molecule has 0 radical (unpaired) electrons. The fourth-order valence-electron chi connectivity index (χ4n) is 2.22. The Kier molecular flexibility index (Phi) is 5.15. The zero-order valence-corrected chi connectivity index (χ0v) is 14.7. The predicted molar refractivity (Wildman–Crippen MR) is 92.6 cm³/mol. The molecular weight excluding hydrogens is 340 g/mol. The average molecular weight is 358 g/mol. The van der Waals surface area contributed by atoms with Crippen molar-refractivity contribution < 1.29 is 9.32 Å². The summed E-state index contributed by atoms with van der Waals surface area (Å²) in [7, 11) is 0. The van der Waals surface area contributed by atoms with Crippen LogP contribution in [0.15, 0.2) is 34.4 Å². The number of nitrogens with one attached hydrogen (secondary N) is 1. The zero-order chi connectivity index (χ0) is 17.8. The van der Waals surface area contributed by atoms with Gasteiger partial charge in [-0.05, 0) is 18.1 Å². The van der Waals surface area contributed by atoms with Crippen LogP contribution in [0.3, 0.4) is 0 Å². The van der Waals surface area contributed by atoms with Gasteiger partial charge in [-0.15, -0.1) is 11.3 Å². The number of thiazole rings is 1. The van der Waals surface area contributed by atoms with E-state index >= 15 is 0 Å². The Morgan fingerprint density at radius 2 is 2.08 bits per heavy atom. The number of nitrogens with zero attached hydrogens (tertiary/aromatic N) is 4. The van der Waals surface area contributed by atoms with Crippen molar-refractivity contribution >= 4 is 17.2 Å². The van der Waals surface area contributed by atoms with E-state index in [0.717, 1.165) is 5.56 Å². The number of carbonyl (C=O) groups is 1. The Hall–Kier alpha value is -2.65. The second-order valence-corrected chi connectivity index (χ2v) is 6.66. The molecular formula is C16H18N6O2S. The van der Waals surface area contributed by atoms with Crippen LogP contribution in [0.5, 0.6) is 0 Å². The van der Waals surface area contributed by atoms with Gasteiger partial charge in [0.25, 0.3) is 5.91 Å². The van der Waals surface area contributed by atoms with Crippen LogP contribution in [-0.2, 0) is 6.54 Å². The third-order valence-electron chi connectivity index (χ3n) is 3.56. The van der Waals surface area contributed by atoms with Crippen molar-refractivity contribution in [3.63, 3.8) is 0 Å². The molecule has 0 fully saturated rings. The molecule has 1 amide bonds. The largest absolute Gasteiger partial charge is 0.339 e. The highest BCUT2D eigenvalue weighted by molar-refractivity contribution is 7.09. The normalized spacial score (nSPS) is 12.3. The molecule has 0 aromatic carbocycles. The average Bonchev–Trinajstić information content (AvgIpc) is 3.29. The highest BCUT2D eigenvalue weighted by atomic mass is 32.1. The summed E-state index contributed by atoms with van der Waals surface area (Å²) < 4.78 is 5.37. The summed E-state index contributed by atoms with van der Waals surface area (Å²) in [5.41, 5.74) is 6.68. The zero-order valence-electron chi connectivity index (χ0n) is 13.8. The van der Waals surface area contributed by atoms with Crippen molar-refractivity contribution in [2.75, 3.05) is 0 Å². The third-order valence-corrected chi connectivity index (χ3v) is 4.43. The summed E-state index contributed by atoms with van der Waals surface area (Å²) in [6.45, 7) is 4.24. The maximum atomic E-state index is 12.4. The number of nitrogens with two attached hydrogens (primary N) is 1. The molecule has 25 heavy (non-hydrogen) atoms. The fourth-order valence-corrected chi connectivity index (χ4v) is 2.87.